The van der Waals surface area contributed by atoms with Gasteiger partial charge in [0.25, 0.3) is 11.1 Å². The fraction of sp³-hybridized carbons (Fsp3) is 0.412. The summed E-state index contributed by atoms with van der Waals surface area (Å²) >= 11 is 1.23. The minimum Gasteiger partial charge on any atom is -0.469 e. The third-order valence-electron chi connectivity index (χ3n) is 3.98. The Balaban J connectivity index is 1.79. The smallest absolute Gasteiger partial charge is 0.337 e. The minimum absolute atomic E-state index is 0.254. The zero-order valence-electron chi connectivity index (χ0n) is 15.2. The maximum absolute atomic E-state index is 12.4. The molecule has 9 nitrogen and oxygen atoms in total. The molecule has 1 aliphatic rings. The number of urea groups is 1. The molecule has 27 heavy (non-hydrogen) atoms. The average Bonchev–Trinajstić information content (AvgIpc) is 3.27. The third-order valence-corrected chi connectivity index (χ3v) is 4.83. The molecule has 0 unspecified atom stereocenters. The molecule has 0 radical (unpaired) electrons. The molecule has 0 saturated carbocycles. The monoisotopic (exact) mass is 392 g/mol. The van der Waals surface area contributed by atoms with Gasteiger partial charge in [0.05, 0.1) is 30.0 Å². The Bertz CT molecular complexity index is 872. The van der Waals surface area contributed by atoms with Crippen LogP contribution in [0.1, 0.15) is 26.0 Å². The van der Waals surface area contributed by atoms with Crippen LogP contribution < -0.4 is 10.6 Å². The first-order chi connectivity index (χ1) is 13.0. The summed E-state index contributed by atoms with van der Waals surface area (Å²) in [6.07, 6.45) is 2.12. The van der Waals surface area contributed by atoms with E-state index in [1.165, 1.54) is 11.8 Å². The molecule has 0 aromatic carbocycles. The van der Waals surface area contributed by atoms with Crippen molar-refractivity contribution in [3.63, 3.8) is 0 Å². The summed E-state index contributed by atoms with van der Waals surface area (Å²) in [6, 6.07) is 0.989. The van der Waals surface area contributed by atoms with Crippen molar-refractivity contribution in [3.8, 4) is 11.5 Å². The van der Waals surface area contributed by atoms with Gasteiger partial charge in [-0.25, -0.2) is 9.59 Å². The second-order valence-corrected chi connectivity index (χ2v) is 6.65. The van der Waals surface area contributed by atoms with Crippen LogP contribution in [-0.4, -0.2) is 40.6 Å². The highest BCUT2D eigenvalue weighted by Crippen LogP contribution is 2.28. The Morgan fingerprint density at radius 3 is 2.85 bits per heavy atom. The Kier molecular flexibility index (Phi) is 5.84. The molecule has 2 N–H and O–H groups in total. The largest absolute Gasteiger partial charge is 0.469 e. The molecule has 0 aliphatic carbocycles. The summed E-state index contributed by atoms with van der Waals surface area (Å²) in [5.41, 5.74) is 1.62. The molecule has 3 rings (SSSR count). The van der Waals surface area contributed by atoms with E-state index in [-0.39, 0.29) is 18.4 Å². The summed E-state index contributed by atoms with van der Waals surface area (Å²) < 4.78 is 16.0. The SMILES string of the molecule is CCOC(=O)C1=C(CSc2nnc(-c3ccoc3C)o2)NC(=O)N[C@H]1CC. The van der Waals surface area contributed by atoms with E-state index in [0.717, 1.165) is 5.56 Å². The van der Waals surface area contributed by atoms with Crippen molar-refractivity contribution in [1.82, 2.24) is 20.8 Å². The van der Waals surface area contributed by atoms with Crippen LogP contribution in [0.25, 0.3) is 11.5 Å². The number of furan rings is 1. The molecular formula is C17H20N4O5S. The fourth-order valence-corrected chi connectivity index (χ4v) is 3.43. The highest BCUT2D eigenvalue weighted by atomic mass is 32.2. The summed E-state index contributed by atoms with van der Waals surface area (Å²) in [5.74, 6) is 0.861. The van der Waals surface area contributed by atoms with Gasteiger partial charge in [0.15, 0.2) is 0 Å². The van der Waals surface area contributed by atoms with Gasteiger partial charge in [-0.3, -0.25) is 0 Å². The lowest BCUT2D eigenvalue weighted by Crippen LogP contribution is -2.50. The topological polar surface area (TPSA) is 119 Å². The van der Waals surface area contributed by atoms with E-state index in [2.05, 4.69) is 20.8 Å². The number of carbonyl (C=O) groups excluding carboxylic acids is 2. The molecule has 2 amide bonds. The predicted octanol–water partition coefficient (Wildman–Crippen LogP) is 2.64. The molecule has 1 atom stereocenters. The molecule has 1 aliphatic heterocycles. The van der Waals surface area contributed by atoms with E-state index in [1.807, 2.05) is 6.92 Å². The first-order valence-electron chi connectivity index (χ1n) is 8.51. The van der Waals surface area contributed by atoms with Crippen LogP contribution in [0.5, 0.6) is 0 Å². The van der Waals surface area contributed by atoms with E-state index in [4.69, 9.17) is 13.6 Å². The highest BCUT2D eigenvalue weighted by Gasteiger charge is 2.31. The standard InChI is InChI=1S/C17H20N4O5S/c1-4-11-13(15(22)24-5-2)12(19-16(23)18-11)8-27-17-21-20-14(26-17)10-6-7-25-9(10)3/h6-7,11H,4-5,8H2,1-3H3,(H2,18,19,23)/t11-/m0/s1. The van der Waals surface area contributed by atoms with Crippen LogP contribution in [0.2, 0.25) is 0 Å². The molecule has 0 spiro atoms. The molecule has 0 bridgehead atoms. The normalized spacial score (nSPS) is 16.9. The third kappa shape index (κ3) is 4.16. The van der Waals surface area contributed by atoms with Gasteiger partial charge in [-0.1, -0.05) is 18.7 Å². The fourth-order valence-electron chi connectivity index (χ4n) is 2.69. The van der Waals surface area contributed by atoms with Crippen LogP contribution in [0, 0.1) is 6.92 Å². The van der Waals surface area contributed by atoms with Gasteiger partial charge in [0.1, 0.15) is 5.76 Å². The van der Waals surface area contributed by atoms with E-state index in [0.29, 0.717) is 34.6 Å². The highest BCUT2D eigenvalue weighted by molar-refractivity contribution is 7.99. The number of carbonyl (C=O) groups is 2. The average molecular weight is 392 g/mol. The number of nitrogens with zero attached hydrogens (tertiary/aromatic N) is 2. The summed E-state index contributed by atoms with van der Waals surface area (Å²) in [5, 5.41) is 13.7. The second kappa shape index (κ2) is 8.30. The molecule has 2 aromatic rings. The van der Waals surface area contributed by atoms with Crippen molar-refractivity contribution in [1.29, 1.82) is 0 Å². The first-order valence-corrected chi connectivity index (χ1v) is 9.50. The number of aromatic nitrogens is 2. The second-order valence-electron chi connectivity index (χ2n) is 5.72. The zero-order valence-corrected chi connectivity index (χ0v) is 16.0. The zero-order chi connectivity index (χ0) is 19.4. The summed E-state index contributed by atoms with van der Waals surface area (Å²) in [6.45, 7) is 5.68. The number of hydrogen-bond acceptors (Lipinski definition) is 8. The summed E-state index contributed by atoms with van der Waals surface area (Å²) in [7, 11) is 0. The van der Waals surface area contributed by atoms with Gasteiger partial charge in [-0.05, 0) is 26.3 Å². The number of nitrogens with one attached hydrogen (secondary N) is 2. The lowest BCUT2D eigenvalue weighted by atomic mass is 10.0. The molecule has 2 aromatic heterocycles. The Morgan fingerprint density at radius 2 is 2.19 bits per heavy atom. The van der Waals surface area contributed by atoms with E-state index in [1.54, 1.807) is 26.2 Å². The van der Waals surface area contributed by atoms with Crippen LogP contribution in [0.4, 0.5) is 4.79 Å². The van der Waals surface area contributed by atoms with Gasteiger partial charge >= 0.3 is 12.0 Å². The van der Waals surface area contributed by atoms with E-state index < -0.39 is 12.0 Å². The van der Waals surface area contributed by atoms with Crippen molar-refractivity contribution in [2.75, 3.05) is 12.4 Å². The Hall–Kier alpha value is -2.75. The predicted molar refractivity (Wildman–Crippen MR) is 96.9 cm³/mol. The van der Waals surface area contributed by atoms with Gasteiger partial charge in [-0.15, -0.1) is 10.2 Å². The van der Waals surface area contributed by atoms with Crippen molar-refractivity contribution < 1.29 is 23.2 Å². The van der Waals surface area contributed by atoms with Gasteiger partial charge in [-0.2, -0.15) is 0 Å². The number of aryl methyl sites for hydroxylation is 1. The Morgan fingerprint density at radius 1 is 1.37 bits per heavy atom. The summed E-state index contributed by atoms with van der Waals surface area (Å²) in [4.78, 5) is 24.2. The van der Waals surface area contributed by atoms with E-state index in [9.17, 15) is 9.59 Å². The maximum atomic E-state index is 12.4. The van der Waals surface area contributed by atoms with E-state index >= 15 is 0 Å². The number of thioether (sulfide) groups is 1. The molecule has 0 saturated heterocycles. The van der Waals surface area contributed by atoms with Crippen LogP contribution in [0.3, 0.4) is 0 Å². The molecule has 144 valence electrons. The van der Waals surface area contributed by atoms with Gasteiger partial charge < -0.3 is 24.2 Å². The van der Waals surface area contributed by atoms with Gasteiger partial charge in [0.2, 0.25) is 0 Å². The minimum atomic E-state index is -0.451. The molecular weight excluding hydrogens is 372 g/mol. The van der Waals surface area contributed by atoms with Crippen molar-refractivity contribution >= 4 is 23.8 Å². The maximum Gasteiger partial charge on any atom is 0.337 e. The van der Waals surface area contributed by atoms with Gasteiger partial charge in [0, 0.05) is 11.4 Å². The van der Waals surface area contributed by atoms with Crippen molar-refractivity contribution in [2.24, 2.45) is 0 Å². The van der Waals surface area contributed by atoms with Crippen LogP contribution >= 0.6 is 11.8 Å². The lowest BCUT2D eigenvalue weighted by molar-refractivity contribution is -0.139. The number of esters is 1. The lowest BCUT2D eigenvalue weighted by Gasteiger charge is -2.28. The number of amides is 2. The number of hydrogen-bond donors (Lipinski definition) is 2. The first kappa shape index (κ1) is 19.0. The van der Waals surface area contributed by atoms with Crippen LogP contribution in [0.15, 0.2) is 37.7 Å². The Labute approximate surface area is 159 Å². The van der Waals surface area contributed by atoms with Crippen molar-refractivity contribution in [3.05, 3.63) is 29.4 Å². The molecule has 0 fully saturated rings. The molecule has 10 heteroatoms. The molecule has 3 heterocycles. The van der Waals surface area contributed by atoms with Crippen molar-refractivity contribution in [2.45, 2.75) is 38.5 Å². The van der Waals surface area contributed by atoms with Crippen LogP contribution in [-0.2, 0) is 9.53 Å². The number of ether oxygens (including phenoxy) is 1. The number of rotatable bonds is 7. The quantitative estimate of drug-likeness (QED) is 0.545.